The second-order valence-electron chi connectivity index (χ2n) is 13.3. The van der Waals surface area contributed by atoms with Gasteiger partial charge in [0.15, 0.2) is 5.82 Å². The van der Waals surface area contributed by atoms with Gasteiger partial charge in [-0.15, -0.1) is 0 Å². The lowest BCUT2D eigenvalue weighted by Crippen LogP contribution is -2.46. The molecule has 2 aliphatic rings. The van der Waals surface area contributed by atoms with Crippen LogP contribution in [0.3, 0.4) is 0 Å². The number of nitrogens with zero attached hydrogens (tertiary/aromatic N) is 4. The Labute approximate surface area is 293 Å². The third kappa shape index (κ3) is 9.52. The zero-order valence-corrected chi connectivity index (χ0v) is 30.0. The van der Waals surface area contributed by atoms with Crippen LogP contribution >= 0.6 is 0 Å². The van der Waals surface area contributed by atoms with Crippen molar-refractivity contribution in [3.05, 3.63) is 64.7 Å². The maximum absolute atomic E-state index is 15.2. The number of rotatable bonds is 11. The number of carbonyl (C=O) groups excluding carboxylic acids is 3. The van der Waals surface area contributed by atoms with E-state index in [0.29, 0.717) is 67.2 Å². The number of piperidine rings is 1. The summed E-state index contributed by atoms with van der Waals surface area (Å²) in [5, 5.41) is 8.99. The van der Waals surface area contributed by atoms with E-state index in [2.05, 4.69) is 16.0 Å². The van der Waals surface area contributed by atoms with Crippen LogP contribution in [0.1, 0.15) is 81.8 Å². The first kappa shape index (κ1) is 38.2. The number of alkyl carbamates (subject to hydrolysis) is 1. The van der Waals surface area contributed by atoms with Crippen molar-refractivity contribution < 1.29 is 27.9 Å². The molecular weight excluding hydrogens is 644 g/mol. The van der Waals surface area contributed by atoms with E-state index in [1.165, 1.54) is 6.07 Å². The monoisotopic (exact) mass is 693 g/mol. The van der Waals surface area contributed by atoms with Gasteiger partial charge in [0, 0.05) is 48.9 Å². The van der Waals surface area contributed by atoms with Gasteiger partial charge in [-0.05, 0) is 96.2 Å². The van der Waals surface area contributed by atoms with Gasteiger partial charge in [0.2, 0.25) is 12.4 Å². The minimum Gasteiger partial charge on any atom is -0.444 e. The molecule has 2 heterocycles. The number of nitrogens with one attached hydrogen (secondary N) is 3. The van der Waals surface area contributed by atoms with E-state index in [9.17, 15) is 14.4 Å². The summed E-state index contributed by atoms with van der Waals surface area (Å²) in [6.07, 6.45) is 3.15. The lowest BCUT2D eigenvalue weighted by Gasteiger charge is -2.34. The molecule has 0 unspecified atom stereocenters. The Hall–Kier alpha value is -4.65. The highest BCUT2D eigenvalue weighted by Gasteiger charge is 2.30. The minimum atomic E-state index is -0.932. The minimum absolute atomic E-state index is 0.000316. The second-order valence-corrected chi connectivity index (χ2v) is 13.3. The molecule has 50 heavy (non-hydrogen) atoms. The van der Waals surface area contributed by atoms with Crippen molar-refractivity contribution in [3.8, 4) is 11.3 Å². The number of hydrogen-bond acceptors (Lipinski definition) is 8. The zero-order chi connectivity index (χ0) is 36.6. The number of aromatic nitrogens is 2. The number of hydrogen-bond donors (Lipinski definition) is 3. The summed E-state index contributed by atoms with van der Waals surface area (Å²) in [6, 6.07) is 8.55. The van der Waals surface area contributed by atoms with Crippen LogP contribution in [0.4, 0.5) is 31.0 Å². The SMILES string of the molecule is CC.CNCc1c(-c2cc(C(=O)NCC3CC3)ccc2C)nc(N2CCC(NC(=O)OC(C)(C)C)CC2)nc1N(C=O)c1c(F)cccc1F. The highest BCUT2D eigenvalue weighted by Crippen LogP contribution is 2.38. The van der Waals surface area contributed by atoms with Crippen LogP contribution in [0.15, 0.2) is 36.4 Å². The van der Waals surface area contributed by atoms with E-state index in [1.54, 1.807) is 40.0 Å². The molecule has 0 spiro atoms. The van der Waals surface area contributed by atoms with Gasteiger partial charge in [-0.2, -0.15) is 4.98 Å². The van der Waals surface area contributed by atoms with E-state index in [1.807, 2.05) is 31.7 Å². The average molecular weight is 694 g/mol. The van der Waals surface area contributed by atoms with Crippen molar-refractivity contribution in [3.63, 3.8) is 0 Å². The fourth-order valence-electron chi connectivity index (χ4n) is 5.67. The lowest BCUT2D eigenvalue weighted by molar-refractivity contribution is -0.106. The third-order valence-corrected chi connectivity index (χ3v) is 8.34. The first-order valence-corrected chi connectivity index (χ1v) is 17.3. The van der Waals surface area contributed by atoms with Crippen LogP contribution in [0.2, 0.25) is 0 Å². The number of amides is 3. The summed E-state index contributed by atoms with van der Waals surface area (Å²) in [5.41, 5.74) is 1.49. The molecule has 3 N–H and O–H groups in total. The molecular formula is C37H49F2N7O4. The van der Waals surface area contributed by atoms with Crippen LogP contribution in [-0.4, -0.2) is 66.7 Å². The van der Waals surface area contributed by atoms with E-state index < -0.39 is 29.0 Å². The topological polar surface area (TPSA) is 129 Å². The van der Waals surface area contributed by atoms with Gasteiger partial charge in [-0.3, -0.25) is 14.5 Å². The van der Waals surface area contributed by atoms with Crippen LogP contribution in [0, 0.1) is 24.5 Å². The number of ether oxygens (including phenoxy) is 1. The maximum atomic E-state index is 15.2. The molecule has 1 aliphatic heterocycles. The maximum Gasteiger partial charge on any atom is 0.407 e. The van der Waals surface area contributed by atoms with Crippen molar-refractivity contribution in [2.75, 3.05) is 36.5 Å². The van der Waals surface area contributed by atoms with Crippen molar-refractivity contribution in [1.29, 1.82) is 0 Å². The van der Waals surface area contributed by atoms with Crippen molar-refractivity contribution in [2.45, 2.75) is 85.4 Å². The van der Waals surface area contributed by atoms with Crippen molar-refractivity contribution in [2.24, 2.45) is 5.92 Å². The Balaban J connectivity index is 0.00000276. The normalized spacial score (nSPS) is 14.7. The van der Waals surface area contributed by atoms with Crippen LogP contribution in [0.5, 0.6) is 0 Å². The summed E-state index contributed by atoms with van der Waals surface area (Å²) in [7, 11) is 1.70. The Morgan fingerprint density at radius 2 is 1.70 bits per heavy atom. The highest BCUT2D eigenvalue weighted by molar-refractivity contribution is 5.96. The fraction of sp³-hybridized carbons (Fsp3) is 0.486. The first-order chi connectivity index (χ1) is 23.9. The van der Waals surface area contributed by atoms with Gasteiger partial charge in [0.25, 0.3) is 5.91 Å². The Morgan fingerprint density at radius 3 is 2.28 bits per heavy atom. The standard InChI is InChI=1S/C35H43F2N7O4.C2H6/c1-21-9-12-23(32(46)39-18-22-10-11-22)17-25(21)29-26(19-38-5)31(44(20-45)30-27(36)7-6-8-28(30)37)42-33(41-29)43-15-13-24(14-16-43)40-34(47)48-35(2,3)4;1-2/h6-9,12,17,20,22,24,38H,10-11,13-16,18-19H2,1-5H3,(H,39,46)(H,40,47);1-2H3. The molecule has 1 saturated heterocycles. The summed E-state index contributed by atoms with van der Waals surface area (Å²) in [6.45, 7) is 12.9. The van der Waals surface area contributed by atoms with Gasteiger partial charge in [0.05, 0.1) is 5.69 Å². The molecule has 2 aromatic carbocycles. The van der Waals surface area contributed by atoms with E-state index in [-0.39, 0.29) is 30.3 Å². The van der Waals surface area contributed by atoms with Crippen LogP contribution in [-0.2, 0) is 16.1 Å². The molecule has 11 nitrogen and oxygen atoms in total. The van der Waals surface area contributed by atoms with E-state index in [4.69, 9.17) is 14.7 Å². The summed E-state index contributed by atoms with van der Waals surface area (Å²) >= 11 is 0. The third-order valence-electron chi connectivity index (χ3n) is 8.34. The largest absolute Gasteiger partial charge is 0.444 e. The zero-order valence-electron chi connectivity index (χ0n) is 30.0. The molecule has 1 saturated carbocycles. The highest BCUT2D eigenvalue weighted by atomic mass is 19.1. The number of benzene rings is 2. The average Bonchev–Trinajstić information content (AvgIpc) is 3.91. The lowest BCUT2D eigenvalue weighted by atomic mass is 9.98. The van der Waals surface area contributed by atoms with Gasteiger partial charge in [-0.25, -0.2) is 18.6 Å². The predicted molar refractivity (Wildman–Crippen MR) is 191 cm³/mol. The van der Waals surface area contributed by atoms with Crippen LogP contribution in [0.25, 0.3) is 11.3 Å². The summed E-state index contributed by atoms with van der Waals surface area (Å²) in [4.78, 5) is 50.7. The van der Waals surface area contributed by atoms with Gasteiger partial charge in [0.1, 0.15) is 22.9 Å². The first-order valence-electron chi connectivity index (χ1n) is 17.3. The summed E-state index contributed by atoms with van der Waals surface area (Å²) < 4.78 is 35.7. The van der Waals surface area contributed by atoms with E-state index in [0.717, 1.165) is 35.4 Å². The Kier molecular flexibility index (Phi) is 12.9. The number of halogens is 2. The van der Waals surface area contributed by atoms with Crippen LogP contribution < -0.4 is 25.8 Å². The Morgan fingerprint density at radius 1 is 1.04 bits per heavy atom. The molecule has 0 radical (unpaired) electrons. The molecule has 1 aromatic heterocycles. The van der Waals surface area contributed by atoms with E-state index >= 15 is 8.78 Å². The molecule has 2 fully saturated rings. The fourth-order valence-corrected chi connectivity index (χ4v) is 5.67. The van der Waals surface area contributed by atoms with Gasteiger partial charge in [-0.1, -0.05) is 26.0 Å². The molecule has 3 aromatic rings. The molecule has 5 rings (SSSR count). The molecule has 13 heteroatoms. The predicted octanol–water partition coefficient (Wildman–Crippen LogP) is 6.40. The molecule has 1 aliphatic carbocycles. The van der Waals surface area contributed by atoms with Gasteiger partial charge >= 0.3 is 6.09 Å². The second kappa shape index (κ2) is 16.8. The number of aryl methyl sites for hydroxylation is 1. The van der Waals surface area contributed by atoms with Gasteiger partial charge < -0.3 is 25.6 Å². The Bertz CT molecular complexity index is 1650. The van der Waals surface area contributed by atoms with Crippen molar-refractivity contribution in [1.82, 2.24) is 25.9 Å². The molecule has 3 amide bonds. The number of carbonyl (C=O) groups is 3. The smallest absolute Gasteiger partial charge is 0.407 e. The summed E-state index contributed by atoms with van der Waals surface area (Å²) in [5.74, 6) is -1.33. The number of para-hydroxylation sites is 1. The van der Waals surface area contributed by atoms with Crippen molar-refractivity contribution >= 4 is 35.9 Å². The number of anilines is 3. The molecule has 0 bridgehead atoms. The molecule has 270 valence electrons. The molecule has 0 atom stereocenters. The quantitative estimate of drug-likeness (QED) is 0.197.